The molecule has 0 aliphatic rings. The van der Waals surface area contributed by atoms with Gasteiger partial charge in [-0.05, 0) is 24.3 Å². The van der Waals surface area contributed by atoms with Crippen LogP contribution < -0.4 is 4.74 Å². The average Bonchev–Trinajstić information content (AvgIpc) is 3.06. The Bertz CT molecular complexity index is 936. The normalized spacial score (nSPS) is 14.0. The molecule has 27 heavy (non-hydrogen) atoms. The lowest BCUT2D eigenvalue weighted by Crippen LogP contribution is -2.52. The lowest BCUT2D eigenvalue weighted by molar-refractivity contribution is -0.301. The van der Waals surface area contributed by atoms with Crippen molar-refractivity contribution in [2.75, 3.05) is 0 Å². The number of hydrogen-bond acceptors (Lipinski definition) is 4. The minimum Gasteiger partial charge on any atom is -0.430 e. The molecule has 0 aliphatic heterocycles. The maximum Gasteiger partial charge on any atom is 0.433 e. The SMILES string of the molecule is OC(Cn1cncn1)(c1ccc(F)cc1F)C(F)(F)Oc1cccc(F)c1. The highest BCUT2D eigenvalue weighted by Crippen LogP contribution is 2.41. The fraction of sp³-hybridized carbons (Fsp3) is 0.176. The lowest BCUT2D eigenvalue weighted by Gasteiger charge is -2.35. The van der Waals surface area contributed by atoms with Crippen molar-refractivity contribution in [1.82, 2.24) is 14.8 Å². The summed E-state index contributed by atoms with van der Waals surface area (Å²) in [6, 6.07) is 5.56. The van der Waals surface area contributed by atoms with Gasteiger partial charge >= 0.3 is 6.11 Å². The largest absolute Gasteiger partial charge is 0.433 e. The highest BCUT2D eigenvalue weighted by Gasteiger charge is 2.58. The van der Waals surface area contributed by atoms with E-state index in [0.717, 1.165) is 35.5 Å². The third-order valence-corrected chi connectivity index (χ3v) is 3.76. The molecule has 1 unspecified atom stereocenters. The summed E-state index contributed by atoms with van der Waals surface area (Å²) < 4.78 is 75.8. The fourth-order valence-corrected chi connectivity index (χ4v) is 2.47. The Labute approximate surface area is 149 Å². The van der Waals surface area contributed by atoms with Crippen LogP contribution in [0, 0.1) is 17.5 Å². The Balaban J connectivity index is 2.07. The van der Waals surface area contributed by atoms with Crippen LogP contribution in [-0.2, 0) is 12.1 Å². The highest BCUT2D eigenvalue weighted by molar-refractivity contribution is 5.29. The van der Waals surface area contributed by atoms with Crippen molar-refractivity contribution >= 4 is 0 Å². The Morgan fingerprint density at radius 1 is 1.04 bits per heavy atom. The van der Waals surface area contributed by atoms with Gasteiger partial charge in [-0.15, -0.1) is 0 Å². The molecular weight excluding hydrogens is 373 g/mol. The van der Waals surface area contributed by atoms with Crippen LogP contribution in [0.25, 0.3) is 0 Å². The van der Waals surface area contributed by atoms with Crippen LogP contribution in [0.1, 0.15) is 5.56 Å². The molecule has 1 aromatic heterocycles. The van der Waals surface area contributed by atoms with Crippen molar-refractivity contribution in [2.24, 2.45) is 0 Å². The van der Waals surface area contributed by atoms with Crippen LogP contribution >= 0.6 is 0 Å². The summed E-state index contributed by atoms with van der Waals surface area (Å²) >= 11 is 0. The van der Waals surface area contributed by atoms with E-state index in [9.17, 15) is 27.1 Å². The van der Waals surface area contributed by atoms with Gasteiger partial charge in [0.25, 0.3) is 0 Å². The first-order valence-electron chi connectivity index (χ1n) is 7.54. The van der Waals surface area contributed by atoms with Crippen LogP contribution in [0.15, 0.2) is 55.1 Å². The standard InChI is InChI=1S/C17H12F5N3O2/c18-11-2-1-3-13(6-11)27-17(21,22)16(26,8-25-10-23-9-24-25)14-5-4-12(19)7-15(14)20/h1-7,9-10,26H,8H2. The maximum atomic E-state index is 14.9. The minimum absolute atomic E-state index is 0.347. The molecule has 0 amide bonds. The lowest BCUT2D eigenvalue weighted by atomic mass is 9.91. The van der Waals surface area contributed by atoms with Gasteiger partial charge in [0.15, 0.2) is 0 Å². The molecule has 0 saturated carbocycles. The van der Waals surface area contributed by atoms with Gasteiger partial charge in [-0.1, -0.05) is 6.07 Å². The van der Waals surface area contributed by atoms with Crippen LogP contribution in [0.5, 0.6) is 5.75 Å². The van der Waals surface area contributed by atoms with E-state index in [1.165, 1.54) is 0 Å². The molecule has 1 atom stereocenters. The predicted octanol–water partition coefficient (Wildman–Crippen LogP) is 3.26. The van der Waals surface area contributed by atoms with E-state index in [0.29, 0.717) is 24.3 Å². The van der Waals surface area contributed by atoms with Crippen LogP contribution in [0.2, 0.25) is 0 Å². The quantitative estimate of drug-likeness (QED) is 0.662. The number of ether oxygens (including phenoxy) is 1. The van der Waals surface area contributed by atoms with Gasteiger partial charge < -0.3 is 9.84 Å². The monoisotopic (exact) mass is 385 g/mol. The number of nitrogens with zero attached hydrogens (tertiary/aromatic N) is 3. The summed E-state index contributed by atoms with van der Waals surface area (Å²) in [7, 11) is 0. The zero-order valence-electron chi connectivity index (χ0n) is 13.5. The highest BCUT2D eigenvalue weighted by atomic mass is 19.3. The van der Waals surface area contributed by atoms with E-state index in [2.05, 4.69) is 14.8 Å². The number of hydrogen-bond donors (Lipinski definition) is 1. The molecule has 3 aromatic rings. The summed E-state index contributed by atoms with van der Waals surface area (Å²) in [5.41, 5.74) is -4.24. The van der Waals surface area contributed by atoms with E-state index in [1.807, 2.05) is 0 Å². The third kappa shape index (κ3) is 3.75. The summed E-state index contributed by atoms with van der Waals surface area (Å²) in [4.78, 5) is 3.57. The first kappa shape index (κ1) is 18.8. The summed E-state index contributed by atoms with van der Waals surface area (Å²) in [5.74, 6) is -3.88. The van der Waals surface area contributed by atoms with Gasteiger partial charge in [-0.3, -0.25) is 0 Å². The van der Waals surface area contributed by atoms with Crippen LogP contribution in [-0.4, -0.2) is 26.0 Å². The van der Waals surface area contributed by atoms with Crippen LogP contribution in [0.3, 0.4) is 0 Å². The van der Waals surface area contributed by atoms with E-state index in [-0.39, 0.29) is 0 Å². The molecular formula is C17H12F5N3O2. The van der Waals surface area contributed by atoms with Crippen LogP contribution in [0.4, 0.5) is 22.0 Å². The van der Waals surface area contributed by atoms with E-state index in [4.69, 9.17) is 0 Å². The fourth-order valence-electron chi connectivity index (χ4n) is 2.47. The van der Waals surface area contributed by atoms with Gasteiger partial charge in [-0.25, -0.2) is 22.8 Å². The van der Waals surface area contributed by atoms with E-state index < -0.39 is 47.0 Å². The van der Waals surface area contributed by atoms with Gasteiger partial charge in [0.05, 0.1) is 6.54 Å². The molecule has 5 nitrogen and oxygen atoms in total. The first-order chi connectivity index (χ1) is 12.7. The molecule has 0 radical (unpaired) electrons. The molecule has 0 aliphatic carbocycles. The zero-order chi connectivity index (χ0) is 19.7. The second-order valence-electron chi connectivity index (χ2n) is 5.65. The number of aliphatic hydroxyl groups is 1. The number of benzene rings is 2. The first-order valence-corrected chi connectivity index (χ1v) is 7.54. The van der Waals surface area contributed by atoms with E-state index >= 15 is 0 Å². The van der Waals surface area contributed by atoms with Crippen molar-refractivity contribution in [3.8, 4) is 5.75 Å². The second-order valence-corrected chi connectivity index (χ2v) is 5.65. The maximum absolute atomic E-state index is 14.9. The molecule has 2 aromatic carbocycles. The Morgan fingerprint density at radius 3 is 2.41 bits per heavy atom. The number of rotatable bonds is 6. The Kier molecular flexibility index (Phi) is 4.83. The molecule has 0 spiro atoms. The topological polar surface area (TPSA) is 60.2 Å². The van der Waals surface area contributed by atoms with Gasteiger partial charge in [0.2, 0.25) is 5.60 Å². The Morgan fingerprint density at radius 2 is 1.78 bits per heavy atom. The van der Waals surface area contributed by atoms with E-state index in [1.54, 1.807) is 0 Å². The van der Waals surface area contributed by atoms with Crippen molar-refractivity contribution < 1.29 is 31.8 Å². The molecule has 1 heterocycles. The number of aromatic nitrogens is 3. The molecule has 0 bridgehead atoms. The number of alkyl halides is 2. The summed E-state index contributed by atoms with van der Waals surface area (Å²) in [5, 5.41) is 14.4. The van der Waals surface area contributed by atoms with Crippen molar-refractivity contribution in [2.45, 2.75) is 18.3 Å². The Hall–Kier alpha value is -3.01. The van der Waals surface area contributed by atoms with Gasteiger partial charge in [0, 0.05) is 17.7 Å². The summed E-state index contributed by atoms with van der Waals surface area (Å²) in [6.45, 7) is -0.974. The summed E-state index contributed by atoms with van der Waals surface area (Å²) in [6.07, 6.45) is -2.41. The molecule has 3 rings (SSSR count). The second kappa shape index (κ2) is 6.95. The third-order valence-electron chi connectivity index (χ3n) is 3.76. The molecule has 10 heteroatoms. The minimum atomic E-state index is -4.45. The van der Waals surface area contributed by atoms with Gasteiger partial charge in [-0.2, -0.15) is 13.9 Å². The average molecular weight is 385 g/mol. The van der Waals surface area contributed by atoms with Crippen molar-refractivity contribution in [3.05, 3.63) is 78.1 Å². The smallest absolute Gasteiger partial charge is 0.430 e. The predicted molar refractivity (Wildman–Crippen MR) is 82.3 cm³/mol. The molecule has 0 fully saturated rings. The number of halogens is 5. The van der Waals surface area contributed by atoms with Crippen molar-refractivity contribution in [1.29, 1.82) is 0 Å². The molecule has 142 valence electrons. The molecule has 1 N–H and O–H groups in total. The zero-order valence-corrected chi connectivity index (χ0v) is 13.5. The molecule has 0 saturated heterocycles. The van der Waals surface area contributed by atoms with Crippen molar-refractivity contribution in [3.63, 3.8) is 0 Å². The van der Waals surface area contributed by atoms with Gasteiger partial charge in [0.1, 0.15) is 35.9 Å².